The lowest BCUT2D eigenvalue weighted by atomic mass is 10.1. The summed E-state index contributed by atoms with van der Waals surface area (Å²) in [6, 6.07) is 13.9. The van der Waals surface area contributed by atoms with Crippen LogP contribution in [-0.4, -0.2) is 22.4 Å². The third kappa shape index (κ3) is 5.42. The molecule has 0 saturated carbocycles. The first kappa shape index (κ1) is 20.1. The SMILES string of the molecule is Cc1ccsc1C(=O)N(Cc1ccncc1)Cc1ccc(OCC(C)C)cc1. The van der Waals surface area contributed by atoms with E-state index in [-0.39, 0.29) is 5.91 Å². The van der Waals surface area contributed by atoms with E-state index in [0.29, 0.717) is 25.6 Å². The number of carbonyl (C=O) groups is 1. The number of amides is 1. The predicted octanol–water partition coefficient (Wildman–Crippen LogP) is 5.33. The van der Waals surface area contributed by atoms with Crippen LogP contribution in [0.15, 0.2) is 60.2 Å². The minimum Gasteiger partial charge on any atom is -0.493 e. The maximum absolute atomic E-state index is 13.2. The van der Waals surface area contributed by atoms with E-state index in [0.717, 1.165) is 27.3 Å². The number of hydrogen-bond donors (Lipinski definition) is 0. The molecule has 0 aliphatic rings. The van der Waals surface area contributed by atoms with Crippen LogP contribution in [0.5, 0.6) is 5.75 Å². The zero-order chi connectivity index (χ0) is 19.9. The van der Waals surface area contributed by atoms with Gasteiger partial charge in [0.2, 0.25) is 0 Å². The van der Waals surface area contributed by atoms with Gasteiger partial charge >= 0.3 is 0 Å². The summed E-state index contributed by atoms with van der Waals surface area (Å²) in [7, 11) is 0. The molecule has 3 rings (SSSR count). The molecule has 0 atom stereocenters. The molecule has 146 valence electrons. The number of thiophene rings is 1. The third-order valence-electron chi connectivity index (χ3n) is 4.35. The van der Waals surface area contributed by atoms with E-state index in [2.05, 4.69) is 18.8 Å². The van der Waals surface area contributed by atoms with Gasteiger partial charge in [-0.05, 0) is 65.2 Å². The van der Waals surface area contributed by atoms with E-state index < -0.39 is 0 Å². The van der Waals surface area contributed by atoms with Crippen molar-refractivity contribution in [2.45, 2.75) is 33.9 Å². The first-order valence-electron chi connectivity index (χ1n) is 9.47. The molecule has 1 aromatic carbocycles. The molecule has 2 heterocycles. The number of benzene rings is 1. The summed E-state index contributed by atoms with van der Waals surface area (Å²) in [4.78, 5) is 19.9. The topological polar surface area (TPSA) is 42.4 Å². The van der Waals surface area contributed by atoms with Crippen LogP contribution < -0.4 is 4.74 Å². The van der Waals surface area contributed by atoms with Gasteiger partial charge in [-0.1, -0.05) is 26.0 Å². The number of aryl methyl sites for hydroxylation is 1. The Hall–Kier alpha value is -2.66. The molecule has 0 aliphatic heterocycles. The molecule has 3 aromatic rings. The molecule has 1 amide bonds. The summed E-state index contributed by atoms with van der Waals surface area (Å²) in [6.07, 6.45) is 3.52. The Bertz CT molecular complexity index is 888. The van der Waals surface area contributed by atoms with Crippen molar-refractivity contribution < 1.29 is 9.53 Å². The van der Waals surface area contributed by atoms with Gasteiger partial charge in [-0.25, -0.2) is 0 Å². The second-order valence-corrected chi connectivity index (χ2v) is 8.21. The standard InChI is InChI=1S/C23H26N2O2S/c1-17(2)16-27-21-6-4-19(5-7-21)14-25(15-20-8-11-24-12-9-20)23(26)22-18(3)10-13-28-22/h4-13,17H,14-16H2,1-3H3. The van der Waals surface area contributed by atoms with Crippen LogP contribution in [0.25, 0.3) is 0 Å². The summed E-state index contributed by atoms with van der Waals surface area (Å²) >= 11 is 1.50. The minimum absolute atomic E-state index is 0.0597. The third-order valence-corrected chi connectivity index (χ3v) is 5.35. The van der Waals surface area contributed by atoms with Gasteiger partial charge in [0.25, 0.3) is 5.91 Å². The quantitative estimate of drug-likeness (QED) is 0.519. The van der Waals surface area contributed by atoms with Crippen LogP contribution in [0.1, 0.15) is 40.2 Å². The van der Waals surface area contributed by atoms with Gasteiger partial charge in [0.15, 0.2) is 0 Å². The molecular weight excluding hydrogens is 368 g/mol. The number of rotatable bonds is 8. The smallest absolute Gasteiger partial charge is 0.264 e. The van der Waals surface area contributed by atoms with E-state index in [1.807, 2.05) is 59.7 Å². The Kier molecular flexibility index (Phi) is 6.82. The average Bonchev–Trinajstić information content (AvgIpc) is 3.13. The molecule has 4 nitrogen and oxygen atoms in total. The van der Waals surface area contributed by atoms with Crippen LogP contribution in [0.4, 0.5) is 0 Å². The Labute approximate surface area is 170 Å². The van der Waals surface area contributed by atoms with Crippen LogP contribution in [-0.2, 0) is 13.1 Å². The second-order valence-electron chi connectivity index (χ2n) is 7.30. The fourth-order valence-electron chi connectivity index (χ4n) is 2.82. The molecule has 0 bridgehead atoms. The number of nitrogens with zero attached hydrogens (tertiary/aromatic N) is 2. The first-order valence-corrected chi connectivity index (χ1v) is 10.3. The Balaban J connectivity index is 1.77. The zero-order valence-electron chi connectivity index (χ0n) is 16.6. The monoisotopic (exact) mass is 394 g/mol. The Morgan fingerprint density at radius 2 is 1.68 bits per heavy atom. The Morgan fingerprint density at radius 3 is 2.25 bits per heavy atom. The molecule has 0 spiro atoms. The average molecular weight is 395 g/mol. The molecule has 0 unspecified atom stereocenters. The molecule has 0 fully saturated rings. The molecule has 0 saturated heterocycles. The molecule has 0 radical (unpaired) electrons. The molecule has 2 aromatic heterocycles. The van der Waals surface area contributed by atoms with E-state index in [4.69, 9.17) is 4.74 Å². The van der Waals surface area contributed by atoms with Crippen molar-refractivity contribution in [2.75, 3.05) is 6.61 Å². The van der Waals surface area contributed by atoms with Crippen molar-refractivity contribution in [1.29, 1.82) is 0 Å². The predicted molar refractivity (Wildman–Crippen MR) is 114 cm³/mol. The number of carbonyl (C=O) groups excluding carboxylic acids is 1. The highest BCUT2D eigenvalue weighted by Gasteiger charge is 2.19. The number of hydrogen-bond acceptors (Lipinski definition) is 4. The lowest BCUT2D eigenvalue weighted by Crippen LogP contribution is -2.30. The molecule has 0 N–H and O–H groups in total. The number of aromatic nitrogens is 1. The molecule has 28 heavy (non-hydrogen) atoms. The van der Waals surface area contributed by atoms with E-state index in [1.54, 1.807) is 12.4 Å². The van der Waals surface area contributed by atoms with Gasteiger partial charge in [0.05, 0.1) is 11.5 Å². The van der Waals surface area contributed by atoms with E-state index in [9.17, 15) is 4.79 Å². The van der Waals surface area contributed by atoms with Gasteiger partial charge < -0.3 is 9.64 Å². The van der Waals surface area contributed by atoms with Crippen molar-refractivity contribution in [3.8, 4) is 5.75 Å². The number of ether oxygens (including phenoxy) is 1. The largest absolute Gasteiger partial charge is 0.493 e. The van der Waals surface area contributed by atoms with Crippen molar-refractivity contribution in [3.05, 3.63) is 81.8 Å². The van der Waals surface area contributed by atoms with Gasteiger partial charge in [-0.15, -0.1) is 11.3 Å². The van der Waals surface area contributed by atoms with Gasteiger partial charge in [-0.3, -0.25) is 9.78 Å². The van der Waals surface area contributed by atoms with E-state index >= 15 is 0 Å². The van der Waals surface area contributed by atoms with Crippen LogP contribution in [0.3, 0.4) is 0 Å². The maximum atomic E-state index is 13.2. The van der Waals surface area contributed by atoms with Crippen molar-refractivity contribution in [3.63, 3.8) is 0 Å². The first-order chi connectivity index (χ1) is 13.5. The molecular formula is C23H26N2O2S. The van der Waals surface area contributed by atoms with Gasteiger partial charge in [0.1, 0.15) is 5.75 Å². The summed E-state index contributed by atoms with van der Waals surface area (Å²) in [5, 5.41) is 1.97. The second kappa shape index (κ2) is 9.51. The Morgan fingerprint density at radius 1 is 1.04 bits per heavy atom. The highest BCUT2D eigenvalue weighted by molar-refractivity contribution is 7.12. The highest BCUT2D eigenvalue weighted by atomic mass is 32.1. The molecule has 0 aliphatic carbocycles. The highest BCUT2D eigenvalue weighted by Crippen LogP contribution is 2.22. The van der Waals surface area contributed by atoms with Crippen molar-refractivity contribution in [1.82, 2.24) is 9.88 Å². The summed E-state index contributed by atoms with van der Waals surface area (Å²) in [5.74, 6) is 1.41. The lowest BCUT2D eigenvalue weighted by molar-refractivity contribution is 0.0734. The fraction of sp³-hybridized carbons (Fsp3) is 0.304. The number of pyridine rings is 1. The fourth-order valence-corrected chi connectivity index (χ4v) is 3.71. The zero-order valence-corrected chi connectivity index (χ0v) is 17.4. The molecule has 5 heteroatoms. The summed E-state index contributed by atoms with van der Waals surface area (Å²) in [6.45, 7) is 8.03. The van der Waals surface area contributed by atoms with Crippen LogP contribution in [0.2, 0.25) is 0 Å². The normalized spacial score (nSPS) is 10.9. The van der Waals surface area contributed by atoms with Gasteiger partial charge in [-0.2, -0.15) is 0 Å². The summed E-state index contributed by atoms with van der Waals surface area (Å²) < 4.78 is 5.76. The van der Waals surface area contributed by atoms with Crippen LogP contribution in [0, 0.1) is 12.8 Å². The minimum atomic E-state index is 0.0597. The maximum Gasteiger partial charge on any atom is 0.264 e. The van der Waals surface area contributed by atoms with Crippen LogP contribution >= 0.6 is 11.3 Å². The summed E-state index contributed by atoms with van der Waals surface area (Å²) in [5.41, 5.74) is 3.16. The van der Waals surface area contributed by atoms with Gasteiger partial charge in [0, 0.05) is 25.5 Å². The lowest BCUT2D eigenvalue weighted by Gasteiger charge is -2.23. The van der Waals surface area contributed by atoms with E-state index in [1.165, 1.54) is 11.3 Å². The van der Waals surface area contributed by atoms with Crippen molar-refractivity contribution in [2.24, 2.45) is 5.92 Å². The van der Waals surface area contributed by atoms with Crippen molar-refractivity contribution >= 4 is 17.2 Å².